The first-order valence-corrected chi connectivity index (χ1v) is 5.86. The molecule has 1 saturated heterocycles. The maximum absolute atomic E-state index is 12.1. The molecule has 92 valence electrons. The van der Waals surface area contributed by atoms with Crippen LogP contribution in [0.15, 0.2) is 18.3 Å². The smallest absolute Gasteiger partial charge is 0.326 e. The lowest BCUT2D eigenvalue weighted by Gasteiger charge is -2.21. The Kier molecular flexibility index (Phi) is 3.28. The van der Waals surface area contributed by atoms with Crippen LogP contribution in [0.1, 0.15) is 19.4 Å². The van der Waals surface area contributed by atoms with Gasteiger partial charge >= 0.3 is 6.03 Å². The first kappa shape index (κ1) is 11.9. The highest BCUT2D eigenvalue weighted by Gasteiger charge is 2.31. The Morgan fingerprint density at radius 2 is 2.18 bits per heavy atom. The van der Waals surface area contributed by atoms with E-state index in [0.717, 1.165) is 12.1 Å². The Balaban J connectivity index is 2.15. The van der Waals surface area contributed by atoms with Crippen molar-refractivity contribution in [3.8, 4) is 0 Å². The third kappa shape index (κ3) is 2.24. The molecular weight excluding hydrogens is 216 g/mol. The molecule has 2 amide bonds. The first-order valence-electron chi connectivity index (χ1n) is 5.86. The van der Waals surface area contributed by atoms with Crippen LogP contribution in [0.3, 0.4) is 0 Å². The van der Waals surface area contributed by atoms with Crippen LogP contribution in [0.25, 0.3) is 0 Å². The van der Waals surface area contributed by atoms with Gasteiger partial charge in [0, 0.05) is 31.9 Å². The van der Waals surface area contributed by atoms with E-state index in [0.29, 0.717) is 18.9 Å². The lowest BCUT2D eigenvalue weighted by Crippen LogP contribution is -2.36. The number of rotatable bonds is 3. The highest BCUT2D eigenvalue weighted by Crippen LogP contribution is 2.19. The zero-order valence-electron chi connectivity index (χ0n) is 10.3. The van der Waals surface area contributed by atoms with Crippen LogP contribution in [0.2, 0.25) is 0 Å². The molecule has 2 rings (SSSR count). The molecule has 1 aliphatic heterocycles. The number of amides is 2. The van der Waals surface area contributed by atoms with Crippen molar-refractivity contribution in [3.63, 3.8) is 0 Å². The van der Waals surface area contributed by atoms with E-state index in [9.17, 15) is 4.79 Å². The second-order valence-electron chi connectivity index (χ2n) is 4.45. The molecular formula is C12H18N4O. The Morgan fingerprint density at radius 1 is 1.41 bits per heavy atom. The maximum atomic E-state index is 12.1. The summed E-state index contributed by atoms with van der Waals surface area (Å²) in [6, 6.07) is 4.03. The van der Waals surface area contributed by atoms with Gasteiger partial charge in [-0.05, 0) is 25.5 Å². The maximum Gasteiger partial charge on any atom is 0.326 e. The summed E-state index contributed by atoms with van der Waals surface area (Å²) >= 11 is 0. The third-order valence-corrected chi connectivity index (χ3v) is 2.99. The van der Waals surface area contributed by atoms with E-state index in [1.54, 1.807) is 11.1 Å². The normalized spacial score (nSPS) is 16.1. The fourth-order valence-electron chi connectivity index (χ4n) is 1.94. The summed E-state index contributed by atoms with van der Waals surface area (Å²) in [6.07, 6.45) is 1.72. The van der Waals surface area contributed by atoms with E-state index in [4.69, 9.17) is 5.73 Å². The van der Waals surface area contributed by atoms with Gasteiger partial charge in [0.1, 0.15) is 5.82 Å². The molecule has 2 heterocycles. The number of carbonyl (C=O) groups is 1. The van der Waals surface area contributed by atoms with Gasteiger partial charge in [0.05, 0.1) is 0 Å². The Hall–Kier alpha value is -1.62. The van der Waals surface area contributed by atoms with E-state index < -0.39 is 0 Å². The van der Waals surface area contributed by atoms with Crippen LogP contribution in [0, 0.1) is 0 Å². The lowest BCUT2D eigenvalue weighted by molar-refractivity contribution is 0.209. The Morgan fingerprint density at radius 3 is 2.65 bits per heavy atom. The molecule has 0 aliphatic carbocycles. The van der Waals surface area contributed by atoms with E-state index in [2.05, 4.69) is 4.98 Å². The van der Waals surface area contributed by atoms with E-state index >= 15 is 0 Å². The topological polar surface area (TPSA) is 62.5 Å². The zero-order valence-corrected chi connectivity index (χ0v) is 10.3. The highest BCUT2D eigenvalue weighted by atomic mass is 16.2. The average molecular weight is 234 g/mol. The van der Waals surface area contributed by atoms with Crippen molar-refractivity contribution in [3.05, 3.63) is 23.9 Å². The predicted molar refractivity (Wildman–Crippen MR) is 66.7 cm³/mol. The molecule has 17 heavy (non-hydrogen) atoms. The monoisotopic (exact) mass is 234 g/mol. The molecule has 5 heteroatoms. The summed E-state index contributed by atoms with van der Waals surface area (Å²) in [6.45, 7) is 5.97. The van der Waals surface area contributed by atoms with Gasteiger partial charge in [-0.2, -0.15) is 0 Å². The molecule has 1 aliphatic rings. The zero-order chi connectivity index (χ0) is 12.4. The van der Waals surface area contributed by atoms with Gasteiger partial charge in [0.2, 0.25) is 0 Å². The van der Waals surface area contributed by atoms with Crippen molar-refractivity contribution in [2.24, 2.45) is 5.73 Å². The van der Waals surface area contributed by atoms with Gasteiger partial charge in [-0.3, -0.25) is 4.90 Å². The second-order valence-corrected chi connectivity index (χ2v) is 4.45. The summed E-state index contributed by atoms with van der Waals surface area (Å²) in [5.41, 5.74) is 6.49. The molecule has 0 bridgehead atoms. The van der Waals surface area contributed by atoms with E-state index in [1.807, 2.05) is 30.9 Å². The van der Waals surface area contributed by atoms with Crippen LogP contribution in [0.4, 0.5) is 10.6 Å². The van der Waals surface area contributed by atoms with Crippen LogP contribution in [-0.4, -0.2) is 35.0 Å². The van der Waals surface area contributed by atoms with Gasteiger partial charge in [-0.1, -0.05) is 6.07 Å². The summed E-state index contributed by atoms with van der Waals surface area (Å²) < 4.78 is 0. The molecule has 0 saturated carbocycles. The van der Waals surface area contributed by atoms with Crippen molar-refractivity contribution >= 4 is 11.8 Å². The molecule has 1 aromatic rings. The van der Waals surface area contributed by atoms with E-state index in [1.165, 1.54) is 0 Å². The summed E-state index contributed by atoms with van der Waals surface area (Å²) in [5, 5.41) is 0. The molecule has 5 nitrogen and oxygen atoms in total. The Labute approximate surface area is 101 Å². The number of urea groups is 1. The highest BCUT2D eigenvalue weighted by molar-refractivity contribution is 5.93. The number of aromatic nitrogens is 1. The number of carbonyl (C=O) groups excluding carboxylic acids is 1. The minimum atomic E-state index is 0.0352. The molecule has 1 fully saturated rings. The molecule has 0 radical (unpaired) electrons. The Bertz CT molecular complexity index is 401. The molecule has 0 unspecified atom stereocenters. The molecule has 1 aromatic heterocycles. The van der Waals surface area contributed by atoms with Crippen LogP contribution < -0.4 is 10.6 Å². The largest absolute Gasteiger partial charge is 0.326 e. The SMILES string of the molecule is CC(C)N1CCN(c2ccc(CN)cn2)C1=O. The summed E-state index contributed by atoms with van der Waals surface area (Å²) in [5.74, 6) is 0.704. The quantitative estimate of drug-likeness (QED) is 0.854. The molecule has 0 aromatic carbocycles. The van der Waals surface area contributed by atoms with E-state index in [-0.39, 0.29) is 12.1 Å². The third-order valence-electron chi connectivity index (χ3n) is 2.99. The van der Waals surface area contributed by atoms with Crippen molar-refractivity contribution < 1.29 is 4.79 Å². The fraction of sp³-hybridized carbons (Fsp3) is 0.500. The standard InChI is InChI=1S/C12H18N4O/c1-9(2)15-5-6-16(12(15)17)11-4-3-10(7-13)8-14-11/h3-4,8-9H,5-7,13H2,1-2H3. The predicted octanol–water partition coefficient (Wildman–Crippen LogP) is 1.19. The molecule has 2 N–H and O–H groups in total. The molecule has 0 atom stereocenters. The van der Waals surface area contributed by atoms with Crippen LogP contribution >= 0.6 is 0 Å². The summed E-state index contributed by atoms with van der Waals surface area (Å²) in [4.78, 5) is 19.9. The molecule has 0 spiro atoms. The van der Waals surface area contributed by atoms with Crippen molar-refractivity contribution in [1.29, 1.82) is 0 Å². The second kappa shape index (κ2) is 4.71. The first-order chi connectivity index (χ1) is 8.13. The van der Waals surface area contributed by atoms with Crippen LogP contribution in [0.5, 0.6) is 0 Å². The number of nitrogens with zero attached hydrogens (tertiary/aromatic N) is 3. The van der Waals surface area contributed by atoms with Crippen LogP contribution in [-0.2, 0) is 6.54 Å². The average Bonchev–Trinajstić information content (AvgIpc) is 2.71. The number of pyridine rings is 1. The van der Waals surface area contributed by atoms with Gasteiger partial charge in [-0.15, -0.1) is 0 Å². The fourth-order valence-corrected chi connectivity index (χ4v) is 1.94. The lowest BCUT2D eigenvalue weighted by atomic mass is 10.3. The number of hydrogen-bond donors (Lipinski definition) is 1. The van der Waals surface area contributed by atoms with Gasteiger partial charge in [-0.25, -0.2) is 9.78 Å². The number of nitrogens with two attached hydrogens (primary N) is 1. The number of hydrogen-bond acceptors (Lipinski definition) is 3. The van der Waals surface area contributed by atoms with Gasteiger partial charge in [0.25, 0.3) is 0 Å². The summed E-state index contributed by atoms with van der Waals surface area (Å²) in [7, 11) is 0. The van der Waals surface area contributed by atoms with Gasteiger partial charge in [0.15, 0.2) is 0 Å². The minimum Gasteiger partial charge on any atom is -0.326 e. The van der Waals surface area contributed by atoms with Crippen molar-refractivity contribution in [1.82, 2.24) is 9.88 Å². The minimum absolute atomic E-state index is 0.0352. The number of anilines is 1. The van der Waals surface area contributed by atoms with Crippen molar-refractivity contribution in [2.75, 3.05) is 18.0 Å². The van der Waals surface area contributed by atoms with Crippen molar-refractivity contribution in [2.45, 2.75) is 26.4 Å². The van der Waals surface area contributed by atoms with Gasteiger partial charge < -0.3 is 10.6 Å².